The fourth-order valence-corrected chi connectivity index (χ4v) is 2.93. The lowest BCUT2D eigenvalue weighted by molar-refractivity contribution is -0.140. The van der Waals surface area contributed by atoms with E-state index < -0.39 is 29.8 Å². The van der Waals surface area contributed by atoms with E-state index in [1.807, 2.05) is 0 Å². The van der Waals surface area contributed by atoms with Gasteiger partial charge in [-0.05, 0) is 30.7 Å². The van der Waals surface area contributed by atoms with Crippen molar-refractivity contribution in [1.29, 1.82) is 0 Å². The van der Waals surface area contributed by atoms with Crippen LogP contribution in [0.25, 0.3) is 0 Å². The van der Waals surface area contributed by atoms with Gasteiger partial charge in [-0.25, -0.2) is 9.78 Å². The van der Waals surface area contributed by atoms with Crippen molar-refractivity contribution in [3.63, 3.8) is 0 Å². The Hall–Kier alpha value is -4.35. The molecule has 0 aliphatic carbocycles. The van der Waals surface area contributed by atoms with E-state index in [1.165, 1.54) is 18.3 Å². The Bertz CT molecular complexity index is 1100. The van der Waals surface area contributed by atoms with Crippen molar-refractivity contribution < 1.29 is 29.4 Å². The minimum atomic E-state index is -1.31. The molecule has 0 radical (unpaired) electrons. The minimum absolute atomic E-state index is 0.168. The maximum atomic E-state index is 12.3. The molecule has 12 heteroatoms. The van der Waals surface area contributed by atoms with E-state index in [-0.39, 0.29) is 42.9 Å². The molecular formula is C20H20N6O6. The lowest BCUT2D eigenvalue weighted by atomic mass is 10.1. The van der Waals surface area contributed by atoms with Gasteiger partial charge in [0.1, 0.15) is 11.9 Å². The van der Waals surface area contributed by atoms with Crippen LogP contribution in [0.4, 0.5) is 5.69 Å². The van der Waals surface area contributed by atoms with Gasteiger partial charge in [-0.2, -0.15) is 4.99 Å². The zero-order valence-corrected chi connectivity index (χ0v) is 16.7. The van der Waals surface area contributed by atoms with Crippen LogP contribution >= 0.6 is 0 Å². The number of carboxylic acids is 2. The molecule has 6 N–H and O–H groups in total. The fraction of sp³-hybridized carbons (Fsp3) is 0.250. The second kappa shape index (κ2) is 9.64. The van der Waals surface area contributed by atoms with Crippen molar-refractivity contribution in [3.8, 4) is 0 Å². The maximum Gasteiger partial charge on any atom is 0.326 e. The fourth-order valence-electron chi connectivity index (χ4n) is 2.93. The summed E-state index contributed by atoms with van der Waals surface area (Å²) in [6, 6.07) is 4.91. The molecule has 12 nitrogen and oxygen atoms in total. The predicted molar refractivity (Wildman–Crippen MR) is 111 cm³/mol. The highest BCUT2D eigenvalue weighted by molar-refractivity contribution is 6.06. The Morgan fingerprint density at radius 3 is 2.53 bits per heavy atom. The SMILES string of the molecule is NC1=NC(=O)c2nc(CNc3ccc(C(=O)N[C@@H](CCC(=O)O)C(=O)O)cc3)cnc2C1. The number of nitrogens with one attached hydrogen (secondary N) is 2. The smallest absolute Gasteiger partial charge is 0.326 e. The lowest BCUT2D eigenvalue weighted by Gasteiger charge is -2.14. The van der Waals surface area contributed by atoms with Crippen molar-refractivity contribution in [2.75, 3.05) is 5.32 Å². The van der Waals surface area contributed by atoms with E-state index in [9.17, 15) is 19.2 Å². The predicted octanol–water partition coefficient (Wildman–Crippen LogP) is 0.190. The summed E-state index contributed by atoms with van der Waals surface area (Å²) in [6.45, 7) is 0.259. The number of aliphatic imine (C=N–C) groups is 1. The van der Waals surface area contributed by atoms with Gasteiger partial charge in [-0.15, -0.1) is 0 Å². The van der Waals surface area contributed by atoms with Gasteiger partial charge in [0, 0.05) is 17.7 Å². The van der Waals surface area contributed by atoms with Crippen LogP contribution in [0.5, 0.6) is 0 Å². The largest absolute Gasteiger partial charge is 0.481 e. The summed E-state index contributed by atoms with van der Waals surface area (Å²) >= 11 is 0. The molecule has 2 heterocycles. The number of hydrogen-bond donors (Lipinski definition) is 5. The van der Waals surface area contributed by atoms with Crippen molar-refractivity contribution in [1.82, 2.24) is 15.3 Å². The molecule has 3 rings (SSSR count). The third-order valence-electron chi connectivity index (χ3n) is 4.57. The summed E-state index contributed by atoms with van der Waals surface area (Å²) < 4.78 is 0. The molecular weight excluding hydrogens is 420 g/mol. The van der Waals surface area contributed by atoms with Gasteiger partial charge in [0.05, 0.1) is 30.6 Å². The zero-order valence-electron chi connectivity index (χ0n) is 16.7. The molecule has 0 bridgehead atoms. The van der Waals surface area contributed by atoms with E-state index in [0.29, 0.717) is 17.1 Å². The van der Waals surface area contributed by atoms with Crippen LogP contribution in [0.15, 0.2) is 35.5 Å². The first-order valence-electron chi connectivity index (χ1n) is 9.54. The minimum Gasteiger partial charge on any atom is -0.481 e. The highest BCUT2D eigenvalue weighted by Crippen LogP contribution is 2.14. The molecule has 1 aromatic heterocycles. The van der Waals surface area contributed by atoms with Crippen LogP contribution in [0.2, 0.25) is 0 Å². The number of hydrogen-bond acceptors (Lipinski definition) is 8. The van der Waals surface area contributed by atoms with Crippen LogP contribution in [-0.2, 0) is 22.6 Å². The molecule has 2 amide bonds. The molecule has 32 heavy (non-hydrogen) atoms. The van der Waals surface area contributed by atoms with Crippen LogP contribution in [0.3, 0.4) is 0 Å². The maximum absolute atomic E-state index is 12.3. The molecule has 1 aliphatic rings. The molecule has 1 aliphatic heterocycles. The molecule has 0 fully saturated rings. The van der Waals surface area contributed by atoms with Crippen LogP contribution in [0.1, 0.15) is 45.1 Å². The third kappa shape index (κ3) is 5.62. The molecule has 0 unspecified atom stereocenters. The highest BCUT2D eigenvalue weighted by Gasteiger charge is 2.22. The van der Waals surface area contributed by atoms with E-state index >= 15 is 0 Å². The highest BCUT2D eigenvalue weighted by atomic mass is 16.4. The van der Waals surface area contributed by atoms with Gasteiger partial charge in [0.15, 0.2) is 5.69 Å². The number of nitrogens with two attached hydrogens (primary N) is 1. The van der Waals surface area contributed by atoms with E-state index in [4.69, 9.17) is 15.9 Å². The van der Waals surface area contributed by atoms with Crippen molar-refractivity contribution in [2.45, 2.75) is 31.8 Å². The lowest BCUT2D eigenvalue weighted by Crippen LogP contribution is -2.41. The number of nitrogens with zero attached hydrogens (tertiary/aromatic N) is 3. The van der Waals surface area contributed by atoms with Gasteiger partial charge in [-0.1, -0.05) is 0 Å². The summed E-state index contributed by atoms with van der Waals surface area (Å²) in [4.78, 5) is 58.2. The monoisotopic (exact) mass is 440 g/mol. The first kappa shape index (κ1) is 22.3. The first-order valence-corrected chi connectivity index (χ1v) is 9.54. The molecule has 1 aromatic carbocycles. The second-order valence-electron chi connectivity index (χ2n) is 6.97. The summed E-state index contributed by atoms with van der Waals surface area (Å²) in [5.41, 5.74) is 7.60. The standard InChI is InChI=1S/C20H20N6O6/c21-15-7-14-17(19(30)26-15)24-12(9-23-14)8-22-11-3-1-10(2-4-11)18(29)25-13(20(31)32)5-6-16(27)28/h1-4,9,13,22H,5-8H2,(H,25,29)(H,27,28)(H,31,32)(H2,21,26,30)/t13-/m0/s1. The van der Waals surface area contributed by atoms with Crippen molar-refractivity contribution in [3.05, 3.63) is 53.1 Å². The Morgan fingerprint density at radius 2 is 1.88 bits per heavy atom. The molecule has 166 valence electrons. The van der Waals surface area contributed by atoms with Crippen LogP contribution in [-0.4, -0.2) is 55.8 Å². The number of benzene rings is 1. The summed E-state index contributed by atoms with van der Waals surface area (Å²) in [6.07, 6.45) is 1.20. The number of amides is 2. The Kier molecular flexibility index (Phi) is 6.73. The first-order chi connectivity index (χ1) is 15.2. The third-order valence-corrected chi connectivity index (χ3v) is 4.57. The topological polar surface area (TPSA) is 197 Å². The second-order valence-corrected chi connectivity index (χ2v) is 6.97. The average molecular weight is 440 g/mol. The van der Waals surface area contributed by atoms with E-state index in [1.54, 1.807) is 12.1 Å². The van der Waals surface area contributed by atoms with Gasteiger partial charge < -0.3 is 26.6 Å². The summed E-state index contributed by atoms with van der Waals surface area (Å²) in [5, 5.41) is 23.2. The number of aromatic nitrogens is 2. The Labute approximate surface area is 181 Å². The van der Waals surface area contributed by atoms with Crippen LogP contribution in [0, 0.1) is 0 Å². The Morgan fingerprint density at radius 1 is 1.16 bits per heavy atom. The number of fused-ring (bicyclic) bond motifs is 1. The summed E-state index contributed by atoms with van der Waals surface area (Å²) in [7, 11) is 0. The Balaban J connectivity index is 1.59. The van der Waals surface area contributed by atoms with Gasteiger partial charge in [0.25, 0.3) is 11.8 Å². The zero-order chi connectivity index (χ0) is 23.3. The van der Waals surface area contributed by atoms with Gasteiger partial charge in [-0.3, -0.25) is 19.4 Å². The number of anilines is 1. The molecule has 2 aromatic rings. The average Bonchev–Trinajstić information content (AvgIpc) is 2.75. The molecule has 0 spiro atoms. The number of carboxylic acid groups (broad SMARTS) is 2. The van der Waals surface area contributed by atoms with E-state index in [0.717, 1.165) is 0 Å². The number of carbonyl (C=O) groups excluding carboxylic acids is 2. The normalized spacial score (nSPS) is 13.5. The number of carbonyl (C=O) groups is 4. The van der Waals surface area contributed by atoms with Crippen molar-refractivity contribution >= 4 is 35.3 Å². The van der Waals surface area contributed by atoms with Crippen LogP contribution < -0.4 is 16.4 Å². The molecule has 1 atom stereocenters. The molecule has 0 saturated carbocycles. The van der Waals surface area contributed by atoms with E-state index in [2.05, 4.69) is 25.6 Å². The summed E-state index contributed by atoms with van der Waals surface area (Å²) in [5.74, 6) is -3.42. The van der Waals surface area contributed by atoms with Crippen molar-refractivity contribution in [2.24, 2.45) is 10.7 Å². The number of amidine groups is 1. The number of aliphatic carboxylic acids is 2. The van der Waals surface area contributed by atoms with Gasteiger partial charge in [0.2, 0.25) is 0 Å². The quantitative estimate of drug-likeness (QED) is 0.359. The van der Waals surface area contributed by atoms with Gasteiger partial charge >= 0.3 is 11.9 Å². The molecule has 0 saturated heterocycles. The number of rotatable bonds is 9.